The molecule has 1 aliphatic heterocycles. The van der Waals surface area contributed by atoms with Crippen LogP contribution < -0.4 is 10.2 Å². The molecule has 1 saturated heterocycles. The van der Waals surface area contributed by atoms with Crippen LogP contribution in [0.15, 0.2) is 60.7 Å². The van der Waals surface area contributed by atoms with Gasteiger partial charge < -0.3 is 15.0 Å². The Morgan fingerprint density at radius 2 is 1.85 bits per heavy atom. The summed E-state index contributed by atoms with van der Waals surface area (Å²) in [6.07, 6.45) is 1.74. The molecule has 33 heavy (non-hydrogen) atoms. The summed E-state index contributed by atoms with van der Waals surface area (Å²) in [5, 5.41) is 2.93. The standard InChI is InChI=1S/C28H37N3O2/c1-21(2)19-30-13-15-31(16-14-30)25-9-10-26-24(17-22(3)27(26)18-25)11-12-29-28(32)33-20-23-7-5-4-6-8-23/h4-10,18,22,24H,1,11-17,19-20H2,2-3H3,(H,29,32)/t22-,24-/m1/s1. The minimum absolute atomic E-state index is 0.306. The van der Waals surface area contributed by atoms with Gasteiger partial charge in [-0.2, -0.15) is 0 Å². The maximum atomic E-state index is 12.1. The first-order chi connectivity index (χ1) is 16.0. The van der Waals surface area contributed by atoms with Crippen LogP contribution in [0.4, 0.5) is 10.5 Å². The van der Waals surface area contributed by atoms with Gasteiger partial charge in [-0.05, 0) is 60.4 Å². The molecule has 1 N–H and O–H groups in total. The fourth-order valence-corrected chi connectivity index (χ4v) is 5.18. The largest absolute Gasteiger partial charge is 0.445 e. The molecule has 2 aromatic carbocycles. The highest BCUT2D eigenvalue weighted by molar-refractivity contribution is 5.67. The van der Waals surface area contributed by atoms with Gasteiger partial charge in [0.25, 0.3) is 0 Å². The Morgan fingerprint density at radius 1 is 1.09 bits per heavy atom. The molecule has 1 heterocycles. The van der Waals surface area contributed by atoms with Crippen molar-refractivity contribution in [3.8, 4) is 0 Å². The molecule has 0 saturated carbocycles. The van der Waals surface area contributed by atoms with E-state index < -0.39 is 0 Å². The fraction of sp³-hybridized carbons (Fsp3) is 0.464. The highest BCUT2D eigenvalue weighted by Gasteiger charge is 2.29. The molecular weight excluding hydrogens is 410 g/mol. The lowest BCUT2D eigenvalue weighted by Gasteiger charge is -2.36. The Labute approximate surface area is 198 Å². The lowest BCUT2D eigenvalue weighted by Crippen LogP contribution is -2.46. The summed E-state index contributed by atoms with van der Waals surface area (Å²) in [5.41, 5.74) is 6.51. The van der Waals surface area contributed by atoms with Crippen molar-refractivity contribution in [3.05, 3.63) is 77.4 Å². The molecule has 2 aliphatic rings. The molecule has 2 atom stereocenters. The average molecular weight is 448 g/mol. The first kappa shape index (κ1) is 23.4. The predicted molar refractivity (Wildman–Crippen MR) is 135 cm³/mol. The summed E-state index contributed by atoms with van der Waals surface area (Å²) in [6.45, 7) is 14.7. The smallest absolute Gasteiger partial charge is 0.407 e. The molecule has 1 fully saturated rings. The highest BCUT2D eigenvalue weighted by atomic mass is 16.5. The second-order valence-corrected chi connectivity index (χ2v) is 9.64. The molecule has 0 spiro atoms. The molecule has 5 nitrogen and oxygen atoms in total. The minimum atomic E-state index is -0.341. The number of ether oxygens (including phenoxy) is 1. The molecule has 0 aromatic heterocycles. The number of benzene rings is 2. The number of carbonyl (C=O) groups is 1. The van der Waals surface area contributed by atoms with E-state index in [1.807, 2.05) is 30.3 Å². The van der Waals surface area contributed by atoms with E-state index >= 15 is 0 Å². The van der Waals surface area contributed by atoms with Crippen molar-refractivity contribution in [2.45, 2.75) is 45.1 Å². The predicted octanol–water partition coefficient (Wildman–Crippen LogP) is 5.29. The first-order valence-corrected chi connectivity index (χ1v) is 12.2. The summed E-state index contributed by atoms with van der Waals surface area (Å²) in [6, 6.07) is 16.8. The van der Waals surface area contributed by atoms with Crippen LogP contribution in [-0.2, 0) is 11.3 Å². The summed E-state index contributed by atoms with van der Waals surface area (Å²) in [5.74, 6) is 1.05. The van der Waals surface area contributed by atoms with Gasteiger partial charge in [-0.1, -0.05) is 55.5 Å². The Balaban J connectivity index is 1.26. The van der Waals surface area contributed by atoms with Crippen molar-refractivity contribution in [1.29, 1.82) is 0 Å². The van der Waals surface area contributed by atoms with Gasteiger partial charge in [-0.25, -0.2) is 4.79 Å². The number of hydrogen-bond acceptors (Lipinski definition) is 4. The number of nitrogens with one attached hydrogen (secondary N) is 1. The normalized spacial score (nSPS) is 20.4. The summed E-state index contributed by atoms with van der Waals surface area (Å²) in [4.78, 5) is 17.1. The van der Waals surface area contributed by atoms with E-state index in [2.05, 4.69) is 53.7 Å². The van der Waals surface area contributed by atoms with Gasteiger partial charge in [0.1, 0.15) is 6.61 Å². The number of piperazine rings is 1. The zero-order chi connectivity index (χ0) is 23.2. The summed E-state index contributed by atoms with van der Waals surface area (Å²) in [7, 11) is 0. The quantitative estimate of drug-likeness (QED) is 0.559. The lowest BCUT2D eigenvalue weighted by molar-refractivity contribution is 0.139. The highest BCUT2D eigenvalue weighted by Crippen LogP contribution is 2.44. The van der Waals surface area contributed by atoms with Gasteiger partial charge in [0, 0.05) is 45.0 Å². The second-order valence-electron chi connectivity index (χ2n) is 9.64. The van der Waals surface area contributed by atoms with Gasteiger partial charge in [0.05, 0.1) is 0 Å². The number of amides is 1. The van der Waals surface area contributed by atoms with E-state index in [-0.39, 0.29) is 6.09 Å². The zero-order valence-electron chi connectivity index (χ0n) is 20.1. The van der Waals surface area contributed by atoms with Crippen molar-refractivity contribution in [2.24, 2.45) is 0 Å². The van der Waals surface area contributed by atoms with Gasteiger partial charge >= 0.3 is 6.09 Å². The molecule has 176 valence electrons. The molecule has 2 aromatic rings. The molecule has 4 rings (SSSR count). The van der Waals surface area contributed by atoms with Crippen molar-refractivity contribution in [1.82, 2.24) is 10.2 Å². The number of hydrogen-bond donors (Lipinski definition) is 1. The third kappa shape index (κ3) is 6.17. The van der Waals surface area contributed by atoms with Crippen molar-refractivity contribution in [3.63, 3.8) is 0 Å². The van der Waals surface area contributed by atoms with Crippen LogP contribution in [0.2, 0.25) is 0 Å². The van der Waals surface area contributed by atoms with E-state index in [0.717, 1.165) is 51.1 Å². The molecule has 0 unspecified atom stereocenters. The van der Waals surface area contributed by atoms with Gasteiger partial charge in [-0.15, -0.1) is 0 Å². The van der Waals surface area contributed by atoms with Gasteiger partial charge in [0.15, 0.2) is 0 Å². The minimum Gasteiger partial charge on any atom is -0.445 e. The third-order valence-electron chi connectivity index (χ3n) is 6.89. The van der Waals surface area contributed by atoms with E-state index in [1.165, 1.54) is 22.4 Å². The number of rotatable bonds is 8. The molecular formula is C28H37N3O2. The van der Waals surface area contributed by atoms with E-state index in [4.69, 9.17) is 4.74 Å². The molecule has 5 heteroatoms. The Bertz CT molecular complexity index is 951. The molecule has 0 radical (unpaired) electrons. The van der Waals surface area contributed by atoms with E-state index in [0.29, 0.717) is 25.0 Å². The van der Waals surface area contributed by atoms with Crippen molar-refractivity contribution in [2.75, 3.05) is 44.2 Å². The van der Waals surface area contributed by atoms with Crippen molar-refractivity contribution >= 4 is 11.8 Å². The summed E-state index contributed by atoms with van der Waals surface area (Å²) < 4.78 is 5.33. The maximum absolute atomic E-state index is 12.1. The first-order valence-electron chi connectivity index (χ1n) is 12.2. The number of fused-ring (bicyclic) bond motifs is 1. The Morgan fingerprint density at radius 3 is 2.58 bits per heavy atom. The van der Waals surface area contributed by atoms with Crippen LogP contribution in [0.25, 0.3) is 0 Å². The monoisotopic (exact) mass is 447 g/mol. The zero-order valence-corrected chi connectivity index (χ0v) is 20.1. The van der Waals surface area contributed by atoms with Crippen LogP contribution in [0, 0.1) is 0 Å². The number of carbonyl (C=O) groups excluding carboxylic acids is 1. The maximum Gasteiger partial charge on any atom is 0.407 e. The van der Waals surface area contributed by atoms with Gasteiger partial charge in [-0.3, -0.25) is 4.90 Å². The molecule has 1 aliphatic carbocycles. The third-order valence-corrected chi connectivity index (χ3v) is 6.89. The van der Waals surface area contributed by atoms with Crippen LogP contribution >= 0.6 is 0 Å². The molecule has 0 bridgehead atoms. The number of nitrogens with zero attached hydrogens (tertiary/aromatic N) is 2. The number of anilines is 1. The lowest BCUT2D eigenvalue weighted by atomic mass is 9.97. The second kappa shape index (κ2) is 10.9. The molecule has 1 amide bonds. The Hall–Kier alpha value is -2.79. The average Bonchev–Trinajstić information content (AvgIpc) is 3.13. The van der Waals surface area contributed by atoms with E-state index in [9.17, 15) is 4.79 Å². The van der Waals surface area contributed by atoms with Crippen LogP contribution in [0.1, 0.15) is 55.2 Å². The Kier molecular flexibility index (Phi) is 7.71. The van der Waals surface area contributed by atoms with E-state index in [1.54, 1.807) is 0 Å². The number of alkyl carbamates (subject to hydrolysis) is 1. The van der Waals surface area contributed by atoms with Crippen LogP contribution in [-0.4, -0.2) is 50.3 Å². The summed E-state index contributed by atoms with van der Waals surface area (Å²) >= 11 is 0. The van der Waals surface area contributed by atoms with Gasteiger partial charge in [0.2, 0.25) is 0 Å². The topological polar surface area (TPSA) is 44.8 Å². The SMILES string of the molecule is C=C(C)CN1CCN(c2ccc3c(c2)[C@H](C)C[C@H]3CCNC(=O)OCc2ccccc2)CC1. The van der Waals surface area contributed by atoms with Crippen molar-refractivity contribution < 1.29 is 9.53 Å². The van der Waals surface area contributed by atoms with Crippen LogP contribution in [0.5, 0.6) is 0 Å². The fourth-order valence-electron chi connectivity index (χ4n) is 5.18. The van der Waals surface area contributed by atoms with Crippen LogP contribution in [0.3, 0.4) is 0 Å².